The SMILES string of the molecule is C=S(C)n1ccc2cc(C3=C4C=C(CCC3)CCCS(=O)(=O)N4)ccc21. The lowest BCUT2D eigenvalue weighted by molar-refractivity contribution is 0.585. The van der Waals surface area contributed by atoms with E-state index in [-0.39, 0.29) is 16.4 Å². The van der Waals surface area contributed by atoms with Crippen LogP contribution in [0.15, 0.2) is 47.8 Å². The highest BCUT2D eigenvalue weighted by Gasteiger charge is 2.21. The van der Waals surface area contributed by atoms with Gasteiger partial charge in [-0.2, -0.15) is 0 Å². The van der Waals surface area contributed by atoms with E-state index in [1.165, 1.54) is 16.5 Å². The lowest BCUT2D eigenvalue weighted by Crippen LogP contribution is -2.27. The number of fused-ring (bicyclic) bond motifs is 2. The van der Waals surface area contributed by atoms with Crippen LogP contribution in [0.25, 0.3) is 16.5 Å². The van der Waals surface area contributed by atoms with E-state index in [1.54, 1.807) is 0 Å². The maximum absolute atomic E-state index is 12.3. The van der Waals surface area contributed by atoms with Crippen molar-refractivity contribution in [3.8, 4) is 0 Å². The summed E-state index contributed by atoms with van der Waals surface area (Å²) in [6.07, 6.45) is 10.8. The summed E-state index contributed by atoms with van der Waals surface area (Å²) in [5, 5.41) is 1.17. The molecule has 1 unspecified atom stereocenters. The molecular formula is C20H24N2O2S2. The Morgan fingerprint density at radius 1 is 1.15 bits per heavy atom. The molecule has 1 aromatic carbocycles. The summed E-state index contributed by atoms with van der Waals surface area (Å²) in [6, 6.07) is 8.52. The molecule has 1 aliphatic carbocycles. The summed E-state index contributed by atoms with van der Waals surface area (Å²) in [5.41, 5.74) is 5.50. The molecule has 138 valence electrons. The molecular weight excluding hydrogens is 364 g/mol. The molecule has 0 amide bonds. The van der Waals surface area contributed by atoms with Crippen LogP contribution in [0.5, 0.6) is 0 Å². The van der Waals surface area contributed by atoms with E-state index in [0.29, 0.717) is 6.42 Å². The van der Waals surface area contributed by atoms with Crippen molar-refractivity contribution < 1.29 is 8.42 Å². The Labute approximate surface area is 157 Å². The fourth-order valence-corrected chi connectivity index (χ4v) is 5.78. The molecule has 2 heterocycles. The van der Waals surface area contributed by atoms with Gasteiger partial charge in [0.2, 0.25) is 10.0 Å². The first-order chi connectivity index (χ1) is 12.4. The first-order valence-electron chi connectivity index (χ1n) is 8.94. The van der Waals surface area contributed by atoms with Gasteiger partial charge in [-0.05, 0) is 73.8 Å². The summed E-state index contributed by atoms with van der Waals surface area (Å²) < 4.78 is 29.7. The molecule has 0 radical (unpaired) electrons. The van der Waals surface area contributed by atoms with Crippen LogP contribution in [-0.4, -0.2) is 30.3 Å². The van der Waals surface area contributed by atoms with Gasteiger partial charge in [-0.15, -0.1) is 10.7 Å². The third-order valence-corrected chi connectivity index (χ3v) is 7.46. The van der Waals surface area contributed by atoms with Crippen LogP contribution in [0.2, 0.25) is 0 Å². The van der Waals surface area contributed by atoms with Gasteiger partial charge in [-0.3, -0.25) is 8.69 Å². The molecule has 26 heavy (non-hydrogen) atoms. The molecule has 1 N–H and O–H groups in total. The number of benzene rings is 1. The summed E-state index contributed by atoms with van der Waals surface area (Å²) in [5.74, 6) is 4.33. The largest absolute Gasteiger partial charge is 0.298 e. The quantitative estimate of drug-likeness (QED) is 0.781. The van der Waals surface area contributed by atoms with Crippen molar-refractivity contribution >= 4 is 43.0 Å². The van der Waals surface area contributed by atoms with Gasteiger partial charge in [-0.1, -0.05) is 17.5 Å². The van der Waals surface area contributed by atoms with E-state index in [1.807, 2.05) is 0 Å². The second kappa shape index (κ2) is 6.74. The van der Waals surface area contributed by atoms with Gasteiger partial charge in [0.05, 0.1) is 17.0 Å². The van der Waals surface area contributed by atoms with Gasteiger partial charge in [0.15, 0.2) is 0 Å². The van der Waals surface area contributed by atoms with Crippen molar-refractivity contribution in [1.82, 2.24) is 8.69 Å². The molecule has 2 aliphatic rings. The predicted molar refractivity (Wildman–Crippen MR) is 113 cm³/mol. The Hall–Kier alpha value is -1.79. The van der Waals surface area contributed by atoms with E-state index >= 15 is 0 Å². The van der Waals surface area contributed by atoms with Crippen molar-refractivity contribution in [2.24, 2.45) is 0 Å². The fraction of sp³-hybridized carbons (Fsp3) is 0.350. The molecule has 0 saturated carbocycles. The van der Waals surface area contributed by atoms with E-state index < -0.39 is 10.0 Å². The highest BCUT2D eigenvalue weighted by atomic mass is 32.2. The zero-order chi connectivity index (χ0) is 18.3. The minimum absolute atomic E-state index is 0.102. The normalized spacial score (nSPS) is 21.3. The highest BCUT2D eigenvalue weighted by molar-refractivity contribution is 8.12. The fourth-order valence-electron chi connectivity index (χ4n) is 3.86. The summed E-state index contributed by atoms with van der Waals surface area (Å²) >= 11 is 0. The van der Waals surface area contributed by atoms with Gasteiger partial charge >= 0.3 is 0 Å². The van der Waals surface area contributed by atoms with Crippen LogP contribution in [-0.2, 0) is 10.0 Å². The third-order valence-electron chi connectivity index (χ3n) is 5.11. The highest BCUT2D eigenvalue weighted by Crippen LogP contribution is 2.34. The molecule has 0 fully saturated rings. The van der Waals surface area contributed by atoms with E-state index in [2.05, 4.69) is 57.4 Å². The number of allylic oxidation sites excluding steroid dienone is 3. The average molecular weight is 389 g/mol. The average Bonchev–Trinajstić information content (AvgIpc) is 2.88. The minimum atomic E-state index is -3.26. The molecule has 1 aromatic heterocycles. The molecule has 1 atom stereocenters. The van der Waals surface area contributed by atoms with Crippen LogP contribution in [0.1, 0.15) is 37.7 Å². The number of hydrogen-bond donors (Lipinski definition) is 1. The van der Waals surface area contributed by atoms with Crippen molar-refractivity contribution in [1.29, 1.82) is 0 Å². The summed E-state index contributed by atoms with van der Waals surface area (Å²) in [7, 11) is -3.37. The lowest BCUT2D eigenvalue weighted by Gasteiger charge is -2.17. The number of rotatable bonds is 2. The second-order valence-corrected chi connectivity index (χ2v) is 10.5. The standard InChI is InChI=1S/C20H24N2O2S2/c1-25(2)22-11-10-17-14-16(8-9-20(17)22)18-7-3-5-15-6-4-12-26(23,24)21-19(18)13-15/h8-11,13-14,21H,1,3-7,12H2,2H3. The number of nitrogens with zero attached hydrogens (tertiary/aromatic N) is 1. The first kappa shape index (κ1) is 17.6. The molecule has 4 nitrogen and oxygen atoms in total. The van der Waals surface area contributed by atoms with Gasteiger partial charge in [-0.25, -0.2) is 8.42 Å². The Balaban J connectivity index is 1.85. The summed E-state index contributed by atoms with van der Waals surface area (Å²) in [6.45, 7) is 0. The second-order valence-electron chi connectivity index (χ2n) is 7.09. The Bertz CT molecular complexity index is 1060. The van der Waals surface area contributed by atoms with Crippen molar-refractivity contribution in [3.05, 3.63) is 53.4 Å². The number of aromatic nitrogens is 1. The molecule has 0 spiro atoms. The molecule has 2 bridgehead atoms. The van der Waals surface area contributed by atoms with Crippen LogP contribution >= 0.6 is 10.7 Å². The Kier molecular flexibility index (Phi) is 4.57. The van der Waals surface area contributed by atoms with Gasteiger partial charge in [0.25, 0.3) is 0 Å². The van der Waals surface area contributed by atoms with Crippen LogP contribution in [0.3, 0.4) is 0 Å². The molecule has 0 saturated heterocycles. The molecule has 1 aliphatic heterocycles. The number of sulfonamides is 1. The van der Waals surface area contributed by atoms with Gasteiger partial charge < -0.3 is 0 Å². The minimum Gasteiger partial charge on any atom is -0.298 e. The predicted octanol–water partition coefficient (Wildman–Crippen LogP) is 4.27. The maximum atomic E-state index is 12.3. The van der Waals surface area contributed by atoms with Crippen molar-refractivity contribution in [3.63, 3.8) is 0 Å². The van der Waals surface area contributed by atoms with E-state index in [4.69, 9.17) is 0 Å². The molecule has 6 heteroatoms. The maximum Gasteiger partial charge on any atom is 0.232 e. The first-order valence-corrected chi connectivity index (χ1v) is 12.3. The topological polar surface area (TPSA) is 51.1 Å². The molecule has 2 aromatic rings. The van der Waals surface area contributed by atoms with Crippen LogP contribution in [0, 0.1) is 0 Å². The van der Waals surface area contributed by atoms with E-state index in [9.17, 15) is 8.42 Å². The van der Waals surface area contributed by atoms with Gasteiger partial charge in [0, 0.05) is 11.6 Å². The molecule has 4 rings (SSSR count). The monoisotopic (exact) mass is 388 g/mol. The smallest absolute Gasteiger partial charge is 0.232 e. The zero-order valence-corrected chi connectivity index (χ0v) is 16.6. The lowest BCUT2D eigenvalue weighted by atomic mass is 9.98. The number of nitrogens with one attached hydrogen (secondary N) is 1. The van der Waals surface area contributed by atoms with Crippen molar-refractivity contribution in [2.45, 2.75) is 32.1 Å². The third kappa shape index (κ3) is 3.40. The van der Waals surface area contributed by atoms with Crippen LogP contribution in [0.4, 0.5) is 0 Å². The van der Waals surface area contributed by atoms with Gasteiger partial charge in [0.1, 0.15) is 0 Å². The number of hydrogen-bond acceptors (Lipinski definition) is 2. The zero-order valence-electron chi connectivity index (χ0n) is 15.0. The summed E-state index contributed by atoms with van der Waals surface area (Å²) in [4.78, 5) is 0. The van der Waals surface area contributed by atoms with E-state index in [0.717, 1.165) is 42.5 Å². The van der Waals surface area contributed by atoms with Crippen molar-refractivity contribution in [2.75, 3.05) is 12.0 Å². The van der Waals surface area contributed by atoms with Crippen LogP contribution < -0.4 is 4.72 Å². The Morgan fingerprint density at radius 3 is 2.77 bits per heavy atom. The Morgan fingerprint density at radius 2 is 1.96 bits per heavy atom.